The van der Waals surface area contributed by atoms with Crippen LogP contribution < -0.4 is 10.5 Å². The topological polar surface area (TPSA) is 64.8 Å². The van der Waals surface area contributed by atoms with Crippen molar-refractivity contribution in [3.63, 3.8) is 0 Å². The molecule has 0 saturated heterocycles. The standard InChI is InChI=1S/C17H24Cl4N2O3/c1-4-7-8-25-16-13(20)11(12(19)14(21)15(16)22)17(24)26-10(18)9-23(5-2)6-3/h10H,4-9,22H2,1-3H3. The number of anilines is 1. The fourth-order valence-corrected chi connectivity index (χ4v) is 3.30. The second-order valence-electron chi connectivity index (χ2n) is 5.56. The van der Waals surface area contributed by atoms with Crippen molar-refractivity contribution in [3.05, 3.63) is 20.6 Å². The van der Waals surface area contributed by atoms with Crippen LogP contribution in [-0.4, -0.2) is 42.7 Å². The van der Waals surface area contributed by atoms with Gasteiger partial charge in [0.2, 0.25) is 0 Å². The molecule has 5 nitrogen and oxygen atoms in total. The van der Waals surface area contributed by atoms with E-state index in [1.54, 1.807) is 0 Å². The highest BCUT2D eigenvalue weighted by Gasteiger charge is 2.28. The zero-order valence-corrected chi connectivity index (χ0v) is 18.1. The number of nitrogen functional groups attached to an aromatic ring is 1. The Balaban J connectivity index is 3.08. The molecule has 1 atom stereocenters. The Morgan fingerprint density at radius 3 is 2.27 bits per heavy atom. The summed E-state index contributed by atoms with van der Waals surface area (Å²) in [5, 5.41) is -0.136. The van der Waals surface area contributed by atoms with Crippen molar-refractivity contribution in [1.82, 2.24) is 4.90 Å². The average Bonchev–Trinajstić information content (AvgIpc) is 2.60. The number of nitrogens with two attached hydrogens (primary N) is 1. The molecule has 0 fully saturated rings. The summed E-state index contributed by atoms with van der Waals surface area (Å²) in [5.74, 6) is -0.661. The molecule has 0 aromatic heterocycles. The van der Waals surface area contributed by atoms with E-state index in [0.717, 1.165) is 25.9 Å². The lowest BCUT2D eigenvalue weighted by Gasteiger charge is -2.22. The molecule has 9 heteroatoms. The fraction of sp³-hybridized carbons (Fsp3) is 0.588. The first-order chi connectivity index (χ1) is 12.3. The fourth-order valence-electron chi connectivity index (χ4n) is 2.19. The molecule has 0 aliphatic carbocycles. The molecule has 0 aliphatic heterocycles. The molecule has 1 rings (SSSR count). The van der Waals surface area contributed by atoms with Crippen molar-refractivity contribution in [2.45, 2.75) is 39.2 Å². The molecular weight excluding hydrogens is 422 g/mol. The first-order valence-corrected chi connectivity index (χ1v) is 10.0. The predicted octanol–water partition coefficient (Wildman–Crippen LogP) is 5.47. The lowest BCUT2D eigenvalue weighted by molar-refractivity contribution is 0.0392. The Labute approximate surface area is 174 Å². The molecule has 148 valence electrons. The molecule has 2 N–H and O–H groups in total. The second kappa shape index (κ2) is 11.3. The number of esters is 1. The summed E-state index contributed by atoms with van der Waals surface area (Å²) in [7, 11) is 0. The van der Waals surface area contributed by atoms with Crippen LogP contribution >= 0.6 is 46.4 Å². The van der Waals surface area contributed by atoms with Gasteiger partial charge in [-0.1, -0.05) is 73.6 Å². The highest BCUT2D eigenvalue weighted by Crippen LogP contribution is 2.45. The first kappa shape index (κ1) is 23.4. The summed E-state index contributed by atoms with van der Waals surface area (Å²) < 4.78 is 10.9. The smallest absolute Gasteiger partial charge is 0.342 e. The van der Waals surface area contributed by atoms with Gasteiger partial charge in [0.1, 0.15) is 10.6 Å². The molecule has 0 bridgehead atoms. The third-order valence-electron chi connectivity index (χ3n) is 3.79. The van der Waals surface area contributed by atoms with Gasteiger partial charge in [0, 0.05) is 6.54 Å². The maximum Gasteiger partial charge on any atom is 0.342 e. The van der Waals surface area contributed by atoms with Gasteiger partial charge in [0.25, 0.3) is 0 Å². The van der Waals surface area contributed by atoms with E-state index in [9.17, 15) is 4.79 Å². The van der Waals surface area contributed by atoms with Crippen LogP contribution in [0.3, 0.4) is 0 Å². The zero-order valence-electron chi connectivity index (χ0n) is 15.1. The van der Waals surface area contributed by atoms with Gasteiger partial charge in [-0.3, -0.25) is 4.90 Å². The second-order valence-corrected chi connectivity index (χ2v) is 7.18. The maximum absolute atomic E-state index is 12.6. The molecule has 0 spiro atoms. The molecule has 1 unspecified atom stereocenters. The molecule has 0 radical (unpaired) electrons. The summed E-state index contributed by atoms with van der Waals surface area (Å²) in [5.41, 5.74) is 5.04. The predicted molar refractivity (Wildman–Crippen MR) is 109 cm³/mol. The van der Waals surface area contributed by atoms with Crippen molar-refractivity contribution in [2.75, 3.05) is 32.0 Å². The van der Waals surface area contributed by atoms with Crippen LogP contribution in [0.25, 0.3) is 0 Å². The third kappa shape index (κ3) is 5.96. The van der Waals surface area contributed by atoms with E-state index in [0.29, 0.717) is 13.2 Å². The number of unbranched alkanes of at least 4 members (excludes halogenated alkanes) is 1. The molecule has 0 amide bonds. The van der Waals surface area contributed by atoms with E-state index in [1.165, 1.54) is 0 Å². The average molecular weight is 446 g/mol. The van der Waals surface area contributed by atoms with Crippen molar-refractivity contribution in [2.24, 2.45) is 0 Å². The highest BCUT2D eigenvalue weighted by atomic mass is 35.5. The van der Waals surface area contributed by atoms with Gasteiger partial charge in [0.05, 0.1) is 22.3 Å². The van der Waals surface area contributed by atoms with Crippen molar-refractivity contribution < 1.29 is 14.3 Å². The van der Waals surface area contributed by atoms with Gasteiger partial charge in [-0.25, -0.2) is 4.79 Å². The normalized spacial score (nSPS) is 12.3. The lowest BCUT2D eigenvalue weighted by atomic mass is 10.1. The Morgan fingerprint density at radius 1 is 1.12 bits per heavy atom. The summed E-state index contributed by atoms with van der Waals surface area (Å²) in [4.78, 5) is 14.6. The molecular formula is C17H24Cl4N2O3. The minimum absolute atomic E-state index is 0.00983. The van der Waals surface area contributed by atoms with Crippen LogP contribution in [-0.2, 0) is 4.74 Å². The van der Waals surface area contributed by atoms with Crippen molar-refractivity contribution in [1.29, 1.82) is 0 Å². The minimum atomic E-state index is -0.865. The Bertz CT molecular complexity index is 625. The van der Waals surface area contributed by atoms with Gasteiger partial charge in [-0.15, -0.1) is 0 Å². The number of carbonyl (C=O) groups excluding carboxylic acids is 1. The Kier molecular flexibility index (Phi) is 10.2. The number of hydrogen-bond donors (Lipinski definition) is 1. The number of carbonyl (C=O) groups is 1. The molecule has 0 aliphatic rings. The third-order valence-corrected chi connectivity index (χ3v) is 5.25. The number of benzene rings is 1. The Morgan fingerprint density at radius 2 is 1.73 bits per heavy atom. The van der Waals surface area contributed by atoms with Crippen molar-refractivity contribution >= 4 is 58.1 Å². The molecule has 0 saturated carbocycles. The van der Waals surface area contributed by atoms with Crippen LogP contribution in [0.15, 0.2) is 0 Å². The highest BCUT2D eigenvalue weighted by molar-refractivity contribution is 6.48. The van der Waals surface area contributed by atoms with Gasteiger partial charge >= 0.3 is 5.97 Å². The van der Waals surface area contributed by atoms with Gasteiger partial charge < -0.3 is 15.2 Å². The number of rotatable bonds is 10. The monoisotopic (exact) mass is 444 g/mol. The summed E-state index contributed by atoms with van der Waals surface area (Å²) in [6.45, 7) is 8.31. The molecule has 1 aromatic rings. The molecule has 0 heterocycles. The number of hydrogen-bond acceptors (Lipinski definition) is 5. The van der Waals surface area contributed by atoms with Gasteiger partial charge in [0.15, 0.2) is 11.3 Å². The maximum atomic E-state index is 12.6. The van der Waals surface area contributed by atoms with Gasteiger partial charge in [-0.2, -0.15) is 0 Å². The number of halogens is 4. The number of likely N-dealkylation sites (N-methyl/N-ethyl adjacent to an activating group) is 1. The van der Waals surface area contributed by atoms with E-state index < -0.39 is 11.5 Å². The van der Waals surface area contributed by atoms with E-state index in [1.807, 2.05) is 25.7 Å². The Hall–Kier alpha value is -0.590. The van der Waals surface area contributed by atoms with E-state index >= 15 is 0 Å². The van der Waals surface area contributed by atoms with Crippen LogP contribution in [0.2, 0.25) is 15.1 Å². The largest absolute Gasteiger partial charge is 0.490 e. The van der Waals surface area contributed by atoms with E-state index in [4.69, 9.17) is 61.6 Å². The van der Waals surface area contributed by atoms with E-state index in [-0.39, 0.29) is 32.1 Å². The van der Waals surface area contributed by atoms with Crippen LogP contribution in [0.1, 0.15) is 44.0 Å². The van der Waals surface area contributed by atoms with Gasteiger partial charge in [-0.05, 0) is 19.5 Å². The summed E-state index contributed by atoms with van der Waals surface area (Å²) in [6, 6.07) is 0. The quantitative estimate of drug-likeness (QED) is 0.170. The SMILES string of the molecule is CCCCOc1c(N)c(Cl)c(Cl)c(C(=O)OC(Cl)CN(CC)CC)c1Cl. The molecule has 26 heavy (non-hydrogen) atoms. The lowest BCUT2D eigenvalue weighted by Crippen LogP contribution is -2.32. The van der Waals surface area contributed by atoms with E-state index in [2.05, 4.69) is 0 Å². The number of alkyl halides is 1. The zero-order chi connectivity index (χ0) is 19.9. The minimum Gasteiger partial charge on any atom is -0.490 e. The number of nitrogens with zero attached hydrogens (tertiary/aromatic N) is 1. The van der Waals surface area contributed by atoms with Crippen LogP contribution in [0.4, 0.5) is 5.69 Å². The van der Waals surface area contributed by atoms with Crippen LogP contribution in [0.5, 0.6) is 5.75 Å². The van der Waals surface area contributed by atoms with Crippen LogP contribution in [0, 0.1) is 0 Å². The first-order valence-electron chi connectivity index (χ1n) is 8.44. The summed E-state index contributed by atoms with van der Waals surface area (Å²) >= 11 is 24.7. The number of ether oxygens (including phenoxy) is 2. The summed E-state index contributed by atoms with van der Waals surface area (Å²) in [6.07, 6.45) is 1.72. The van der Waals surface area contributed by atoms with Crippen molar-refractivity contribution in [3.8, 4) is 5.75 Å². The molecule has 1 aromatic carbocycles.